The zero-order chi connectivity index (χ0) is 26.5. The molecule has 0 amide bonds. The number of benzene rings is 4. The Morgan fingerprint density at radius 1 is 0.514 bits per heavy atom. The van der Waals surface area contributed by atoms with Crippen LogP contribution < -0.4 is 4.74 Å². The number of ether oxygens (including phenoxy) is 1. The fourth-order valence-electron chi connectivity index (χ4n) is 4.00. The Balaban J connectivity index is 0.000000213. The fraction of sp³-hybridized carbons (Fsp3) is 0.294. The molecule has 0 radical (unpaired) electrons. The van der Waals surface area contributed by atoms with Gasteiger partial charge in [0.25, 0.3) is 0 Å². The third kappa shape index (κ3) is 8.86. The van der Waals surface area contributed by atoms with Gasteiger partial charge in [-0.3, -0.25) is 0 Å². The molecule has 194 valence electrons. The largest absolute Gasteiger partial charge is 0.494 e. The summed E-state index contributed by atoms with van der Waals surface area (Å²) in [7, 11) is 0. The van der Waals surface area contributed by atoms with Crippen molar-refractivity contribution in [2.75, 3.05) is 6.61 Å². The molecule has 0 saturated heterocycles. The quantitative estimate of drug-likeness (QED) is 0.197. The fourth-order valence-corrected chi connectivity index (χ4v) is 4.00. The Morgan fingerprint density at radius 2 is 1.00 bits per heavy atom. The van der Waals surface area contributed by atoms with Gasteiger partial charge in [0, 0.05) is 0 Å². The minimum atomic E-state index is -0.811. The molecule has 0 N–H and O–H groups in total. The molecule has 1 nitrogen and oxygen atoms in total. The van der Waals surface area contributed by atoms with E-state index in [0.29, 0.717) is 5.56 Å². The van der Waals surface area contributed by atoms with E-state index in [2.05, 4.69) is 69.3 Å². The summed E-state index contributed by atoms with van der Waals surface area (Å²) in [5.74, 6) is -0.647. The molecule has 0 bridgehead atoms. The van der Waals surface area contributed by atoms with Crippen LogP contribution in [0.1, 0.15) is 57.6 Å². The van der Waals surface area contributed by atoms with Gasteiger partial charge in [0.1, 0.15) is 5.75 Å². The van der Waals surface area contributed by atoms with Crippen LogP contribution in [0.25, 0.3) is 22.3 Å². The Kier molecular flexibility index (Phi) is 11.4. The van der Waals surface area contributed by atoms with Crippen molar-refractivity contribution in [3.8, 4) is 28.0 Å². The minimum Gasteiger partial charge on any atom is -0.494 e. The molecule has 0 unspecified atom stereocenters. The average molecular weight is 501 g/mol. The molecule has 0 aromatic heterocycles. The van der Waals surface area contributed by atoms with Crippen molar-refractivity contribution >= 4 is 0 Å². The molecule has 0 spiro atoms. The summed E-state index contributed by atoms with van der Waals surface area (Å²) < 4.78 is 31.6. The normalized spacial score (nSPS) is 10.5. The molecule has 3 heteroatoms. The Morgan fingerprint density at radius 3 is 1.49 bits per heavy atom. The summed E-state index contributed by atoms with van der Waals surface area (Å²) in [5, 5.41) is 0. The zero-order valence-electron chi connectivity index (χ0n) is 22.3. The van der Waals surface area contributed by atoms with Crippen LogP contribution in [0.5, 0.6) is 5.75 Å². The lowest BCUT2D eigenvalue weighted by Gasteiger charge is -2.08. The van der Waals surface area contributed by atoms with Gasteiger partial charge in [0.2, 0.25) is 0 Å². The van der Waals surface area contributed by atoms with E-state index < -0.39 is 11.6 Å². The summed E-state index contributed by atoms with van der Waals surface area (Å²) in [6, 6.07) is 29.0. The van der Waals surface area contributed by atoms with Crippen molar-refractivity contribution in [1.82, 2.24) is 0 Å². The monoisotopic (exact) mass is 500 g/mol. The lowest BCUT2D eigenvalue weighted by Crippen LogP contribution is -1.96. The topological polar surface area (TPSA) is 9.23 Å². The predicted octanol–water partition coefficient (Wildman–Crippen LogP) is 10.1. The summed E-state index contributed by atoms with van der Waals surface area (Å²) in [4.78, 5) is 0. The first kappa shape index (κ1) is 28.1. The van der Waals surface area contributed by atoms with Gasteiger partial charge in [-0.25, -0.2) is 8.78 Å². The molecule has 0 heterocycles. The zero-order valence-corrected chi connectivity index (χ0v) is 22.3. The maximum absolute atomic E-state index is 13.0. The van der Waals surface area contributed by atoms with Crippen molar-refractivity contribution < 1.29 is 13.5 Å². The van der Waals surface area contributed by atoms with E-state index in [4.69, 9.17) is 4.74 Å². The highest BCUT2D eigenvalue weighted by atomic mass is 19.2. The van der Waals surface area contributed by atoms with Crippen LogP contribution in [0, 0.1) is 11.6 Å². The van der Waals surface area contributed by atoms with Crippen molar-refractivity contribution in [3.05, 3.63) is 114 Å². The van der Waals surface area contributed by atoms with Crippen LogP contribution in [0.2, 0.25) is 0 Å². The van der Waals surface area contributed by atoms with Crippen molar-refractivity contribution in [3.63, 3.8) is 0 Å². The maximum atomic E-state index is 13.0. The second-order valence-corrected chi connectivity index (χ2v) is 9.16. The Labute approximate surface area is 221 Å². The number of unbranched alkanes of at least 4 members (excludes halogenated alkanes) is 3. The van der Waals surface area contributed by atoms with E-state index in [9.17, 15) is 8.78 Å². The van der Waals surface area contributed by atoms with Gasteiger partial charge < -0.3 is 4.74 Å². The van der Waals surface area contributed by atoms with Gasteiger partial charge in [-0.2, -0.15) is 0 Å². The van der Waals surface area contributed by atoms with Gasteiger partial charge in [-0.05, 0) is 76.9 Å². The molecule has 4 rings (SSSR count). The van der Waals surface area contributed by atoms with Gasteiger partial charge >= 0.3 is 0 Å². The van der Waals surface area contributed by atoms with Crippen molar-refractivity contribution in [1.29, 1.82) is 0 Å². The Bertz CT molecular complexity index is 1200. The highest BCUT2D eigenvalue weighted by Gasteiger charge is 2.04. The lowest BCUT2D eigenvalue weighted by atomic mass is 10.0. The molecule has 37 heavy (non-hydrogen) atoms. The highest BCUT2D eigenvalue weighted by molar-refractivity contribution is 5.65. The summed E-state index contributed by atoms with van der Waals surface area (Å²) >= 11 is 0. The molecule has 4 aromatic rings. The van der Waals surface area contributed by atoms with Crippen LogP contribution in [-0.2, 0) is 12.8 Å². The van der Waals surface area contributed by atoms with Gasteiger partial charge in [-0.1, -0.05) is 107 Å². The van der Waals surface area contributed by atoms with Crippen LogP contribution >= 0.6 is 0 Å². The molecule has 0 saturated carbocycles. The predicted molar refractivity (Wildman–Crippen MR) is 152 cm³/mol. The summed E-state index contributed by atoms with van der Waals surface area (Å²) in [6.45, 7) is 7.31. The van der Waals surface area contributed by atoms with Gasteiger partial charge in [-0.15, -0.1) is 0 Å². The van der Waals surface area contributed by atoms with Crippen LogP contribution in [0.3, 0.4) is 0 Å². The van der Waals surface area contributed by atoms with E-state index in [-0.39, 0.29) is 0 Å². The molecule has 0 atom stereocenters. The molecule has 0 aliphatic heterocycles. The number of aryl methyl sites for hydroxylation is 2. The maximum Gasteiger partial charge on any atom is 0.159 e. The van der Waals surface area contributed by atoms with Crippen LogP contribution in [-0.4, -0.2) is 6.61 Å². The van der Waals surface area contributed by atoms with Crippen LogP contribution in [0.4, 0.5) is 8.78 Å². The summed E-state index contributed by atoms with van der Waals surface area (Å²) in [5.41, 5.74) is 6.72. The minimum absolute atomic E-state index is 0.696. The smallest absolute Gasteiger partial charge is 0.159 e. The highest BCUT2D eigenvalue weighted by Crippen LogP contribution is 2.24. The first-order chi connectivity index (χ1) is 18.0. The second-order valence-electron chi connectivity index (χ2n) is 9.16. The number of hydrogen-bond acceptors (Lipinski definition) is 1. The standard InChI is InChI=1S/C20H26O.C14H12F2/c1-3-5-6-7-16-21-20-14-12-19(13-15-20)18-10-8-17(4-2)9-11-18;1-2-10-3-5-11(6-4-10)12-7-8-13(15)14(16)9-12/h8-15H,3-7,16H2,1-2H3;3-9H,2H2,1H3. The SMILES string of the molecule is CCCCCCOc1ccc(-c2ccc(CC)cc2)cc1.CCc1ccc(-c2ccc(F)c(F)c2)cc1. The van der Waals surface area contributed by atoms with E-state index in [1.54, 1.807) is 6.07 Å². The van der Waals surface area contributed by atoms with E-state index in [1.165, 1.54) is 47.6 Å². The van der Waals surface area contributed by atoms with Gasteiger partial charge in [0.15, 0.2) is 11.6 Å². The molecule has 0 aliphatic carbocycles. The van der Waals surface area contributed by atoms with E-state index in [1.807, 2.05) is 24.3 Å². The second kappa shape index (κ2) is 14.9. The average Bonchev–Trinajstić information content (AvgIpc) is 2.95. The number of rotatable bonds is 10. The van der Waals surface area contributed by atoms with E-state index in [0.717, 1.165) is 43.2 Å². The third-order valence-electron chi connectivity index (χ3n) is 6.43. The molecule has 0 fully saturated rings. The molecule has 0 aliphatic rings. The number of hydrogen-bond donors (Lipinski definition) is 0. The third-order valence-corrected chi connectivity index (χ3v) is 6.43. The molecule has 4 aromatic carbocycles. The van der Waals surface area contributed by atoms with Crippen molar-refractivity contribution in [2.24, 2.45) is 0 Å². The summed E-state index contributed by atoms with van der Waals surface area (Å²) in [6.07, 6.45) is 7.04. The number of halogens is 2. The first-order valence-corrected chi connectivity index (χ1v) is 13.4. The van der Waals surface area contributed by atoms with E-state index >= 15 is 0 Å². The van der Waals surface area contributed by atoms with Gasteiger partial charge in [0.05, 0.1) is 6.61 Å². The van der Waals surface area contributed by atoms with Crippen molar-refractivity contribution in [2.45, 2.75) is 59.3 Å². The lowest BCUT2D eigenvalue weighted by molar-refractivity contribution is 0.305. The first-order valence-electron chi connectivity index (χ1n) is 13.4. The van der Waals surface area contributed by atoms with Crippen LogP contribution in [0.15, 0.2) is 91.0 Å². The Hall–Kier alpha value is -3.46. The molecular formula is C34H38F2O. The molecular weight excluding hydrogens is 462 g/mol.